The predicted octanol–water partition coefficient (Wildman–Crippen LogP) is 0.415. The lowest BCUT2D eigenvalue weighted by Gasteiger charge is -2.09. The minimum atomic E-state index is -3.04. The maximum Gasteiger partial charge on any atom is 0.162 e. The summed E-state index contributed by atoms with van der Waals surface area (Å²) in [4.78, 5) is 11.2. The first-order chi connectivity index (χ1) is 5.87. The number of ketones is 1. The second-order valence-corrected chi connectivity index (χ2v) is 5.20. The Morgan fingerprint density at radius 3 is 2.38 bits per heavy atom. The lowest BCUT2D eigenvalue weighted by Crippen LogP contribution is -2.23. The highest BCUT2D eigenvalue weighted by Gasteiger charge is 2.14. The van der Waals surface area contributed by atoms with Crippen LogP contribution in [0.1, 0.15) is 20.3 Å². The fourth-order valence-corrected chi connectivity index (χ4v) is 1.40. The Morgan fingerprint density at radius 1 is 1.46 bits per heavy atom. The van der Waals surface area contributed by atoms with Gasteiger partial charge in [0.05, 0.1) is 5.75 Å². The van der Waals surface area contributed by atoms with Gasteiger partial charge in [0.25, 0.3) is 0 Å². The van der Waals surface area contributed by atoms with E-state index in [1.54, 1.807) is 13.8 Å². The van der Waals surface area contributed by atoms with Crippen LogP contribution in [0.3, 0.4) is 0 Å². The summed E-state index contributed by atoms with van der Waals surface area (Å²) in [6, 6.07) is 0. The van der Waals surface area contributed by atoms with Crippen LogP contribution in [0.2, 0.25) is 0 Å². The topological polar surface area (TPSA) is 60.4 Å². The molecular weight excluding hydrogens is 192 g/mol. The average Bonchev–Trinajstić information content (AvgIpc) is 1.99. The molecule has 13 heavy (non-hydrogen) atoms. The smallest absolute Gasteiger partial charge is 0.162 e. The number of sulfone groups is 1. The molecule has 0 fully saturated rings. The normalized spacial score (nSPS) is 14.1. The molecule has 78 valence electrons. The summed E-state index contributed by atoms with van der Waals surface area (Å²) >= 11 is 0. The lowest BCUT2D eigenvalue weighted by molar-refractivity contribution is -0.128. The van der Waals surface area contributed by atoms with Crippen molar-refractivity contribution in [3.8, 4) is 0 Å². The van der Waals surface area contributed by atoms with Crippen molar-refractivity contribution in [2.75, 3.05) is 18.6 Å². The Labute approximate surface area is 79.2 Å². The molecule has 5 heteroatoms. The molecule has 0 N–H and O–H groups in total. The van der Waals surface area contributed by atoms with Crippen LogP contribution in [-0.4, -0.2) is 38.9 Å². The average molecular weight is 208 g/mol. The molecule has 0 radical (unpaired) electrons. The molecular formula is C8H16O4S. The molecule has 0 spiro atoms. The van der Waals surface area contributed by atoms with Crippen molar-refractivity contribution < 1.29 is 17.9 Å². The minimum Gasteiger partial charge on any atom is -0.371 e. The molecule has 0 saturated heterocycles. The van der Waals surface area contributed by atoms with Gasteiger partial charge >= 0.3 is 0 Å². The standard InChI is InChI=1S/C8H16O4S/c1-4-12-7(2)8(9)5-6-13(3,10)11/h7H,4-6H2,1-3H3. The first-order valence-electron chi connectivity index (χ1n) is 4.19. The number of carbonyl (C=O) groups is 1. The van der Waals surface area contributed by atoms with E-state index in [-0.39, 0.29) is 18.0 Å². The number of rotatable bonds is 6. The highest BCUT2D eigenvalue weighted by molar-refractivity contribution is 7.90. The number of Topliss-reactive ketones (excluding diaryl/α,β-unsaturated/α-hetero) is 1. The zero-order chi connectivity index (χ0) is 10.5. The fourth-order valence-electron chi connectivity index (χ4n) is 0.832. The molecule has 0 bridgehead atoms. The number of hydrogen-bond donors (Lipinski definition) is 0. The molecule has 0 aliphatic rings. The predicted molar refractivity (Wildman–Crippen MR) is 50.4 cm³/mol. The minimum absolute atomic E-state index is 0.0417. The second-order valence-electron chi connectivity index (χ2n) is 2.94. The van der Waals surface area contributed by atoms with Gasteiger partial charge in [-0.05, 0) is 13.8 Å². The van der Waals surface area contributed by atoms with Crippen LogP contribution >= 0.6 is 0 Å². The molecule has 4 nitrogen and oxygen atoms in total. The van der Waals surface area contributed by atoms with Crippen LogP contribution in [0.5, 0.6) is 0 Å². The summed E-state index contributed by atoms with van der Waals surface area (Å²) in [5, 5.41) is 0. The van der Waals surface area contributed by atoms with Crippen molar-refractivity contribution in [3.05, 3.63) is 0 Å². The molecule has 0 aromatic heterocycles. The lowest BCUT2D eigenvalue weighted by atomic mass is 10.2. The number of ether oxygens (including phenoxy) is 1. The van der Waals surface area contributed by atoms with Gasteiger partial charge < -0.3 is 4.74 Å². The summed E-state index contributed by atoms with van der Waals surface area (Å²) in [6.07, 6.45) is 0.665. The van der Waals surface area contributed by atoms with E-state index in [9.17, 15) is 13.2 Å². The Bertz CT molecular complexity index is 255. The quantitative estimate of drug-likeness (QED) is 0.634. The van der Waals surface area contributed by atoms with Crippen molar-refractivity contribution in [1.82, 2.24) is 0 Å². The molecule has 0 aromatic carbocycles. The van der Waals surface area contributed by atoms with Gasteiger partial charge in [0.1, 0.15) is 15.9 Å². The molecule has 0 aliphatic carbocycles. The summed E-state index contributed by atoms with van der Waals surface area (Å²) in [5.74, 6) is -0.254. The van der Waals surface area contributed by atoms with E-state index < -0.39 is 15.9 Å². The second kappa shape index (κ2) is 5.34. The van der Waals surface area contributed by atoms with Gasteiger partial charge in [0, 0.05) is 19.3 Å². The van der Waals surface area contributed by atoms with E-state index in [1.807, 2.05) is 0 Å². The largest absolute Gasteiger partial charge is 0.371 e. The summed E-state index contributed by atoms with van der Waals surface area (Å²) in [6.45, 7) is 3.89. The van der Waals surface area contributed by atoms with E-state index in [2.05, 4.69) is 0 Å². The molecule has 1 unspecified atom stereocenters. The Morgan fingerprint density at radius 2 is 2.00 bits per heavy atom. The maximum absolute atomic E-state index is 11.2. The van der Waals surface area contributed by atoms with Crippen molar-refractivity contribution in [1.29, 1.82) is 0 Å². The third kappa shape index (κ3) is 6.72. The van der Waals surface area contributed by atoms with Crippen LogP contribution < -0.4 is 0 Å². The molecule has 0 amide bonds. The van der Waals surface area contributed by atoms with E-state index in [1.165, 1.54) is 0 Å². The Kier molecular flexibility index (Phi) is 5.17. The van der Waals surface area contributed by atoms with Crippen LogP contribution in [0.4, 0.5) is 0 Å². The van der Waals surface area contributed by atoms with Crippen molar-refractivity contribution in [3.63, 3.8) is 0 Å². The van der Waals surface area contributed by atoms with Gasteiger partial charge in [-0.3, -0.25) is 4.79 Å². The zero-order valence-corrected chi connectivity index (χ0v) is 9.06. The summed E-state index contributed by atoms with van der Waals surface area (Å²) < 4.78 is 26.5. The first kappa shape index (κ1) is 12.6. The van der Waals surface area contributed by atoms with Gasteiger partial charge in [-0.2, -0.15) is 0 Å². The van der Waals surface area contributed by atoms with E-state index in [0.29, 0.717) is 6.61 Å². The van der Waals surface area contributed by atoms with E-state index in [0.717, 1.165) is 6.26 Å². The van der Waals surface area contributed by atoms with Crippen LogP contribution in [0.25, 0.3) is 0 Å². The number of hydrogen-bond acceptors (Lipinski definition) is 4. The highest BCUT2D eigenvalue weighted by atomic mass is 32.2. The third-order valence-corrected chi connectivity index (χ3v) is 2.54. The maximum atomic E-state index is 11.2. The van der Waals surface area contributed by atoms with Gasteiger partial charge in [0.2, 0.25) is 0 Å². The third-order valence-electron chi connectivity index (χ3n) is 1.59. The monoisotopic (exact) mass is 208 g/mol. The molecule has 0 aliphatic heterocycles. The van der Waals surface area contributed by atoms with Crippen LogP contribution in [-0.2, 0) is 19.4 Å². The molecule has 1 atom stereocenters. The summed E-state index contributed by atoms with van der Waals surface area (Å²) in [7, 11) is -3.04. The summed E-state index contributed by atoms with van der Waals surface area (Å²) in [5.41, 5.74) is 0. The molecule has 0 rings (SSSR count). The van der Waals surface area contributed by atoms with Gasteiger partial charge in [-0.1, -0.05) is 0 Å². The first-order valence-corrected chi connectivity index (χ1v) is 6.25. The molecule has 0 heterocycles. The SMILES string of the molecule is CCOC(C)C(=O)CCS(C)(=O)=O. The Balaban J connectivity index is 3.88. The zero-order valence-electron chi connectivity index (χ0n) is 8.24. The van der Waals surface area contributed by atoms with Crippen molar-refractivity contribution >= 4 is 15.6 Å². The van der Waals surface area contributed by atoms with Crippen molar-refractivity contribution in [2.24, 2.45) is 0 Å². The van der Waals surface area contributed by atoms with Gasteiger partial charge in [0.15, 0.2) is 5.78 Å². The molecule has 0 aromatic rings. The fraction of sp³-hybridized carbons (Fsp3) is 0.875. The van der Waals surface area contributed by atoms with E-state index in [4.69, 9.17) is 4.74 Å². The van der Waals surface area contributed by atoms with E-state index >= 15 is 0 Å². The highest BCUT2D eigenvalue weighted by Crippen LogP contribution is 1.99. The van der Waals surface area contributed by atoms with Crippen LogP contribution in [0.15, 0.2) is 0 Å². The molecule has 0 saturated carbocycles. The van der Waals surface area contributed by atoms with Gasteiger partial charge in [-0.15, -0.1) is 0 Å². The van der Waals surface area contributed by atoms with Crippen molar-refractivity contribution in [2.45, 2.75) is 26.4 Å². The Hall–Kier alpha value is -0.420. The van der Waals surface area contributed by atoms with Crippen LogP contribution in [0, 0.1) is 0 Å². The van der Waals surface area contributed by atoms with Gasteiger partial charge in [-0.25, -0.2) is 8.42 Å². The number of carbonyl (C=O) groups excluding carboxylic acids is 1.